The maximum absolute atomic E-state index is 6.06. The molecule has 1 saturated carbocycles. The van der Waals surface area contributed by atoms with Crippen molar-refractivity contribution < 1.29 is 0 Å². The number of nitrogens with zero attached hydrogens (tertiary/aromatic N) is 4. The molecule has 2 aliphatic rings. The summed E-state index contributed by atoms with van der Waals surface area (Å²) >= 11 is 6.06. The minimum Gasteiger partial charge on any atom is -0.351 e. The van der Waals surface area contributed by atoms with Crippen LogP contribution in [0.2, 0.25) is 5.15 Å². The van der Waals surface area contributed by atoms with Crippen LogP contribution in [0.15, 0.2) is 12.4 Å². The van der Waals surface area contributed by atoms with Gasteiger partial charge >= 0.3 is 0 Å². The Hall–Kier alpha value is -0.870. The van der Waals surface area contributed by atoms with Crippen molar-refractivity contribution in [3.05, 3.63) is 17.5 Å². The van der Waals surface area contributed by atoms with Gasteiger partial charge < -0.3 is 4.90 Å². The zero-order valence-electron chi connectivity index (χ0n) is 9.85. The summed E-state index contributed by atoms with van der Waals surface area (Å²) in [6.07, 6.45) is 6.19. The average Bonchev–Trinajstić information content (AvgIpc) is 3.15. The fourth-order valence-corrected chi connectivity index (χ4v) is 2.56. The van der Waals surface area contributed by atoms with Crippen molar-refractivity contribution >= 4 is 17.4 Å². The third-order valence-corrected chi connectivity index (χ3v) is 3.79. The van der Waals surface area contributed by atoms with Crippen molar-refractivity contribution in [1.29, 1.82) is 0 Å². The van der Waals surface area contributed by atoms with E-state index in [4.69, 9.17) is 11.6 Å². The van der Waals surface area contributed by atoms with Crippen molar-refractivity contribution in [3.8, 4) is 0 Å². The maximum Gasteiger partial charge on any atom is 0.171 e. The molecule has 1 aromatic heterocycles. The highest BCUT2D eigenvalue weighted by Crippen LogP contribution is 2.30. The lowest BCUT2D eigenvalue weighted by molar-refractivity contribution is 0.247. The van der Waals surface area contributed by atoms with Crippen molar-refractivity contribution in [2.24, 2.45) is 5.92 Å². The number of halogens is 1. The quantitative estimate of drug-likeness (QED) is 0.819. The van der Waals surface area contributed by atoms with Crippen LogP contribution in [0.3, 0.4) is 0 Å². The molecule has 0 aromatic carbocycles. The Morgan fingerprint density at radius 2 is 1.82 bits per heavy atom. The first-order chi connectivity index (χ1) is 8.33. The van der Waals surface area contributed by atoms with Gasteiger partial charge in [-0.3, -0.25) is 4.90 Å². The van der Waals surface area contributed by atoms with Gasteiger partial charge in [0.25, 0.3) is 0 Å². The largest absolute Gasteiger partial charge is 0.351 e. The van der Waals surface area contributed by atoms with E-state index in [2.05, 4.69) is 19.8 Å². The van der Waals surface area contributed by atoms with E-state index in [9.17, 15) is 0 Å². The van der Waals surface area contributed by atoms with Crippen LogP contribution in [0.4, 0.5) is 5.82 Å². The highest BCUT2D eigenvalue weighted by Gasteiger charge is 2.27. The fourth-order valence-electron chi connectivity index (χ4n) is 2.33. The molecule has 5 heteroatoms. The van der Waals surface area contributed by atoms with Crippen LogP contribution < -0.4 is 4.90 Å². The highest BCUT2D eigenvalue weighted by atomic mass is 35.5. The molecule has 0 atom stereocenters. The zero-order valence-corrected chi connectivity index (χ0v) is 10.6. The molecular weight excluding hydrogens is 236 g/mol. The van der Waals surface area contributed by atoms with E-state index >= 15 is 0 Å². The maximum atomic E-state index is 6.06. The van der Waals surface area contributed by atoms with Gasteiger partial charge in [-0.25, -0.2) is 9.97 Å². The first-order valence-electron chi connectivity index (χ1n) is 6.27. The average molecular weight is 253 g/mol. The normalized spacial score (nSPS) is 21.8. The van der Waals surface area contributed by atoms with Gasteiger partial charge in [0, 0.05) is 45.1 Å². The lowest BCUT2D eigenvalue weighted by atomic mass is 10.3. The van der Waals surface area contributed by atoms with E-state index in [1.165, 1.54) is 19.4 Å². The lowest BCUT2D eigenvalue weighted by Crippen LogP contribution is -2.47. The van der Waals surface area contributed by atoms with E-state index < -0.39 is 0 Å². The minimum absolute atomic E-state index is 0.517. The molecule has 1 aromatic rings. The Bertz CT molecular complexity index is 386. The van der Waals surface area contributed by atoms with Gasteiger partial charge in [-0.05, 0) is 18.8 Å². The van der Waals surface area contributed by atoms with Gasteiger partial charge in [-0.2, -0.15) is 0 Å². The second-order valence-corrected chi connectivity index (χ2v) is 5.26. The highest BCUT2D eigenvalue weighted by molar-refractivity contribution is 6.31. The Kier molecular flexibility index (Phi) is 3.16. The summed E-state index contributed by atoms with van der Waals surface area (Å²) in [5, 5.41) is 0.517. The first-order valence-corrected chi connectivity index (χ1v) is 6.64. The lowest BCUT2D eigenvalue weighted by Gasteiger charge is -2.35. The Morgan fingerprint density at radius 3 is 2.47 bits per heavy atom. The summed E-state index contributed by atoms with van der Waals surface area (Å²) in [5.74, 6) is 1.81. The van der Waals surface area contributed by atoms with Crippen LogP contribution in [0, 0.1) is 5.92 Å². The van der Waals surface area contributed by atoms with E-state index in [-0.39, 0.29) is 0 Å². The van der Waals surface area contributed by atoms with Gasteiger partial charge in [0.15, 0.2) is 11.0 Å². The summed E-state index contributed by atoms with van der Waals surface area (Å²) < 4.78 is 0. The summed E-state index contributed by atoms with van der Waals surface area (Å²) in [5.41, 5.74) is 0. The Morgan fingerprint density at radius 1 is 1.12 bits per heavy atom. The summed E-state index contributed by atoms with van der Waals surface area (Å²) in [7, 11) is 0. The van der Waals surface area contributed by atoms with Crippen molar-refractivity contribution in [3.63, 3.8) is 0 Å². The number of piperazine rings is 1. The number of hydrogen-bond donors (Lipinski definition) is 0. The molecule has 1 saturated heterocycles. The summed E-state index contributed by atoms with van der Waals surface area (Å²) in [6.45, 7) is 5.52. The Balaban J connectivity index is 1.58. The summed E-state index contributed by atoms with van der Waals surface area (Å²) in [6, 6.07) is 0. The number of rotatable bonds is 3. The molecule has 2 fully saturated rings. The van der Waals surface area contributed by atoms with Gasteiger partial charge in [0.1, 0.15) is 0 Å². The number of aromatic nitrogens is 2. The minimum atomic E-state index is 0.517. The van der Waals surface area contributed by atoms with Crippen molar-refractivity contribution in [2.75, 3.05) is 37.6 Å². The smallest absolute Gasteiger partial charge is 0.171 e. The molecule has 0 spiro atoms. The molecule has 1 aliphatic heterocycles. The van der Waals surface area contributed by atoms with E-state index in [1.807, 2.05) is 0 Å². The van der Waals surface area contributed by atoms with Crippen LogP contribution >= 0.6 is 11.6 Å². The molecule has 17 heavy (non-hydrogen) atoms. The van der Waals surface area contributed by atoms with Crippen LogP contribution in [0.5, 0.6) is 0 Å². The SMILES string of the molecule is Clc1nccnc1N1CCN(CC2CC2)CC1. The van der Waals surface area contributed by atoms with Crippen LogP contribution in [-0.2, 0) is 0 Å². The second-order valence-electron chi connectivity index (χ2n) is 4.90. The van der Waals surface area contributed by atoms with E-state index in [0.29, 0.717) is 5.15 Å². The molecule has 1 aliphatic carbocycles. The molecule has 0 unspecified atom stereocenters. The van der Waals surface area contributed by atoms with Gasteiger partial charge in [0.05, 0.1) is 0 Å². The second kappa shape index (κ2) is 4.78. The monoisotopic (exact) mass is 252 g/mol. The fraction of sp³-hybridized carbons (Fsp3) is 0.667. The molecule has 4 nitrogen and oxygen atoms in total. The standard InChI is InChI=1S/C12H17ClN4/c13-11-12(15-4-3-14-11)17-7-5-16(6-8-17)9-10-1-2-10/h3-4,10H,1-2,5-9H2. The van der Waals surface area contributed by atoms with Crippen LogP contribution in [-0.4, -0.2) is 47.6 Å². The Labute approximate surface area is 107 Å². The topological polar surface area (TPSA) is 32.3 Å². The zero-order chi connectivity index (χ0) is 11.7. The predicted molar refractivity (Wildman–Crippen MR) is 68.4 cm³/mol. The predicted octanol–water partition coefficient (Wildman–Crippen LogP) is 1.66. The van der Waals surface area contributed by atoms with E-state index in [1.54, 1.807) is 12.4 Å². The molecule has 0 amide bonds. The van der Waals surface area contributed by atoms with Crippen molar-refractivity contribution in [2.45, 2.75) is 12.8 Å². The van der Waals surface area contributed by atoms with Gasteiger partial charge in [-0.15, -0.1) is 0 Å². The van der Waals surface area contributed by atoms with Gasteiger partial charge in [0.2, 0.25) is 0 Å². The molecule has 2 heterocycles. The summed E-state index contributed by atoms with van der Waals surface area (Å²) in [4.78, 5) is 13.2. The van der Waals surface area contributed by atoms with E-state index in [0.717, 1.165) is 37.9 Å². The number of hydrogen-bond acceptors (Lipinski definition) is 4. The third kappa shape index (κ3) is 2.69. The van der Waals surface area contributed by atoms with Gasteiger partial charge in [-0.1, -0.05) is 11.6 Å². The molecule has 0 N–H and O–H groups in total. The van der Waals surface area contributed by atoms with Crippen LogP contribution in [0.25, 0.3) is 0 Å². The first kappa shape index (κ1) is 11.2. The van der Waals surface area contributed by atoms with Crippen LogP contribution in [0.1, 0.15) is 12.8 Å². The van der Waals surface area contributed by atoms with Crippen molar-refractivity contribution in [1.82, 2.24) is 14.9 Å². The molecule has 92 valence electrons. The molecule has 0 bridgehead atoms. The molecule has 0 radical (unpaired) electrons. The third-order valence-electron chi connectivity index (χ3n) is 3.52. The number of anilines is 1. The molecule has 3 rings (SSSR count). The molecular formula is C12H17ClN4.